The molecule has 9 aromatic rings. The van der Waals surface area contributed by atoms with Crippen LogP contribution in [0.25, 0.3) is 88.1 Å². The number of hydrogen-bond donors (Lipinski definition) is 0. The molecule has 0 saturated heterocycles. The zero-order valence-corrected chi connectivity index (χ0v) is 36.2. The maximum atomic E-state index is 5.56. The Morgan fingerprint density at radius 3 is 1.51 bits per heavy atom. The van der Waals surface area contributed by atoms with Gasteiger partial charge in [-0.1, -0.05) is 218 Å². The lowest BCUT2D eigenvalue weighted by Gasteiger charge is -2.33. The van der Waals surface area contributed by atoms with Gasteiger partial charge in [-0.3, -0.25) is 0 Å². The SMILES string of the molecule is CCCCCCCCC1(CCCCCCCC)c2cc(-c3ccc4ccc5cccc6ccc3c4c56)ccc2-c2cc3nc(-c4ccccc4)c(-c4ccccc4)nc3cc21. The Balaban J connectivity index is 1.16. The zero-order chi connectivity index (χ0) is 41.2. The topological polar surface area (TPSA) is 25.8 Å². The third kappa shape index (κ3) is 7.28. The number of rotatable bonds is 17. The zero-order valence-electron chi connectivity index (χ0n) is 36.2. The third-order valence-electron chi connectivity index (χ3n) is 14.0. The molecule has 10 rings (SSSR count). The van der Waals surface area contributed by atoms with E-state index in [1.807, 2.05) is 0 Å². The second kappa shape index (κ2) is 17.3. The molecule has 2 nitrogen and oxygen atoms in total. The van der Waals surface area contributed by atoms with Crippen LogP contribution in [0.4, 0.5) is 0 Å². The molecule has 0 unspecified atom stereocenters. The standard InChI is InChI=1S/C59H58N2/c1-3-5-7-9-11-19-36-59(37-20-12-10-8-6-4-2)51-38-46(47-33-30-43-29-28-41-26-21-27-42-31-35-49(47)56(43)55(41)42)32-34-48(51)50-39-53-54(40-52(50)59)61-58(45-24-17-14-18-25-45)57(60-53)44-22-15-13-16-23-44/h13-18,21-35,38-40H,3-12,19-20,36-37H2,1-2H3. The first-order chi connectivity index (χ1) is 30.2. The quantitative estimate of drug-likeness (QED) is 0.0678. The molecule has 1 heterocycles. The van der Waals surface area contributed by atoms with Crippen LogP contribution >= 0.6 is 0 Å². The Morgan fingerprint density at radius 2 is 0.885 bits per heavy atom. The van der Waals surface area contributed by atoms with Gasteiger partial charge < -0.3 is 0 Å². The molecule has 0 fully saturated rings. The predicted octanol–water partition coefficient (Wildman–Crippen LogP) is 17.3. The number of unbranched alkanes of at least 4 members (excludes halogenated alkanes) is 10. The maximum Gasteiger partial charge on any atom is 0.0973 e. The Kier molecular flexibility index (Phi) is 11.1. The van der Waals surface area contributed by atoms with E-state index in [2.05, 4.69) is 159 Å². The van der Waals surface area contributed by atoms with Crippen LogP contribution in [-0.2, 0) is 5.41 Å². The van der Waals surface area contributed by atoms with Gasteiger partial charge in [-0.05, 0) is 96.7 Å². The van der Waals surface area contributed by atoms with E-state index in [1.165, 1.54) is 143 Å². The highest BCUT2D eigenvalue weighted by atomic mass is 14.8. The third-order valence-corrected chi connectivity index (χ3v) is 14.0. The molecule has 1 aliphatic carbocycles. The molecule has 0 radical (unpaired) electrons. The molecule has 2 heteroatoms. The highest BCUT2D eigenvalue weighted by Crippen LogP contribution is 2.56. The smallest absolute Gasteiger partial charge is 0.0973 e. The van der Waals surface area contributed by atoms with Gasteiger partial charge in [0.15, 0.2) is 0 Å². The molecule has 0 amide bonds. The van der Waals surface area contributed by atoms with Crippen LogP contribution in [0.5, 0.6) is 0 Å². The van der Waals surface area contributed by atoms with Gasteiger partial charge in [0.2, 0.25) is 0 Å². The number of benzene rings is 8. The Morgan fingerprint density at radius 1 is 0.377 bits per heavy atom. The summed E-state index contributed by atoms with van der Waals surface area (Å²) in [5.74, 6) is 0. The molecule has 0 saturated carbocycles. The maximum absolute atomic E-state index is 5.56. The van der Waals surface area contributed by atoms with Gasteiger partial charge in [0, 0.05) is 16.5 Å². The average Bonchev–Trinajstić information content (AvgIpc) is 3.57. The van der Waals surface area contributed by atoms with Crippen molar-refractivity contribution < 1.29 is 0 Å². The highest BCUT2D eigenvalue weighted by Gasteiger charge is 2.43. The van der Waals surface area contributed by atoms with Gasteiger partial charge in [0.25, 0.3) is 0 Å². The minimum absolute atomic E-state index is 0.0964. The van der Waals surface area contributed by atoms with E-state index in [0.717, 1.165) is 46.4 Å². The first-order valence-electron chi connectivity index (χ1n) is 23.5. The van der Waals surface area contributed by atoms with Crippen molar-refractivity contribution in [2.75, 3.05) is 0 Å². The van der Waals surface area contributed by atoms with Gasteiger partial charge in [0.1, 0.15) is 0 Å². The van der Waals surface area contributed by atoms with E-state index in [9.17, 15) is 0 Å². The summed E-state index contributed by atoms with van der Waals surface area (Å²) in [7, 11) is 0. The van der Waals surface area contributed by atoms with Crippen molar-refractivity contribution in [3.05, 3.63) is 157 Å². The van der Waals surface area contributed by atoms with Gasteiger partial charge in [0.05, 0.1) is 22.4 Å². The van der Waals surface area contributed by atoms with Crippen LogP contribution < -0.4 is 0 Å². The largest absolute Gasteiger partial charge is 0.244 e. The molecule has 1 aliphatic rings. The van der Waals surface area contributed by atoms with E-state index < -0.39 is 0 Å². The number of fused-ring (bicyclic) bond motifs is 4. The van der Waals surface area contributed by atoms with Crippen LogP contribution in [-0.4, -0.2) is 9.97 Å². The van der Waals surface area contributed by atoms with Crippen molar-refractivity contribution in [3.8, 4) is 44.8 Å². The van der Waals surface area contributed by atoms with E-state index in [4.69, 9.17) is 9.97 Å². The van der Waals surface area contributed by atoms with Crippen LogP contribution in [0.3, 0.4) is 0 Å². The average molecular weight is 795 g/mol. The first-order valence-corrected chi connectivity index (χ1v) is 23.5. The van der Waals surface area contributed by atoms with Crippen molar-refractivity contribution in [1.29, 1.82) is 0 Å². The fourth-order valence-corrected chi connectivity index (χ4v) is 10.9. The highest BCUT2D eigenvalue weighted by molar-refractivity contribution is 6.25. The van der Waals surface area contributed by atoms with E-state index >= 15 is 0 Å². The normalized spacial score (nSPS) is 13.1. The summed E-state index contributed by atoms with van der Waals surface area (Å²) in [5, 5.41) is 8.05. The summed E-state index contributed by atoms with van der Waals surface area (Å²) in [5.41, 5.74) is 14.3. The molecule has 0 bridgehead atoms. The monoisotopic (exact) mass is 794 g/mol. The van der Waals surface area contributed by atoms with Gasteiger partial charge in [-0.15, -0.1) is 0 Å². The summed E-state index contributed by atoms with van der Waals surface area (Å²) >= 11 is 0. The Hall–Kier alpha value is -5.86. The van der Waals surface area contributed by atoms with Crippen molar-refractivity contribution in [2.45, 2.75) is 109 Å². The Labute approximate surface area is 362 Å². The summed E-state index contributed by atoms with van der Waals surface area (Å²) in [6.45, 7) is 4.64. The molecule has 304 valence electrons. The molecular weight excluding hydrogens is 737 g/mol. The second-order valence-corrected chi connectivity index (χ2v) is 17.9. The molecule has 61 heavy (non-hydrogen) atoms. The van der Waals surface area contributed by atoms with Crippen molar-refractivity contribution in [3.63, 3.8) is 0 Å². The lowest BCUT2D eigenvalue weighted by atomic mass is 9.70. The summed E-state index contributed by atoms with van der Waals surface area (Å²) in [6, 6.07) is 54.4. The Bertz CT molecular complexity index is 2910. The number of nitrogens with zero attached hydrogens (tertiary/aromatic N) is 2. The molecule has 8 aromatic carbocycles. The van der Waals surface area contributed by atoms with Crippen LogP contribution in [0.15, 0.2) is 146 Å². The second-order valence-electron chi connectivity index (χ2n) is 17.9. The minimum atomic E-state index is -0.0964. The fourth-order valence-electron chi connectivity index (χ4n) is 10.9. The molecule has 0 N–H and O–H groups in total. The van der Waals surface area contributed by atoms with Crippen molar-refractivity contribution >= 4 is 43.4 Å². The number of hydrogen-bond acceptors (Lipinski definition) is 2. The molecule has 0 atom stereocenters. The van der Waals surface area contributed by atoms with Gasteiger partial charge >= 0.3 is 0 Å². The number of aromatic nitrogens is 2. The minimum Gasteiger partial charge on any atom is -0.244 e. The molecule has 0 aliphatic heterocycles. The summed E-state index contributed by atoms with van der Waals surface area (Å²) in [4.78, 5) is 11.1. The molecule has 1 aromatic heterocycles. The fraction of sp³-hybridized carbons (Fsp3) is 0.288. The van der Waals surface area contributed by atoms with Gasteiger partial charge in [-0.2, -0.15) is 0 Å². The molecule has 0 spiro atoms. The first kappa shape index (κ1) is 39.3. The van der Waals surface area contributed by atoms with E-state index in [-0.39, 0.29) is 5.41 Å². The predicted molar refractivity (Wildman–Crippen MR) is 262 cm³/mol. The van der Waals surface area contributed by atoms with Crippen LogP contribution in [0.1, 0.15) is 115 Å². The lowest BCUT2D eigenvalue weighted by molar-refractivity contribution is 0.398. The van der Waals surface area contributed by atoms with Crippen LogP contribution in [0.2, 0.25) is 0 Å². The van der Waals surface area contributed by atoms with E-state index in [0.29, 0.717) is 0 Å². The summed E-state index contributed by atoms with van der Waals surface area (Å²) < 4.78 is 0. The summed E-state index contributed by atoms with van der Waals surface area (Å²) in [6.07, 6.45) is 17.8. The molecular formula is C59H58N2. The van der Waals surface area contributed by atoms with Gasteiger partial charge in [-0.25, -0.2) is 9.97 Å². The van der Waals surface area contributed by atoms with E-state index in [1.54, 1.807) is 0 Å². The lowest BCUT2D eigenvalue weighted by Crippen LogP contribution is -2.25. The van der Waals surface area contributed by atoms with Crippen LogP contribution in [0, 0.1) is 0 Å². The van der Waals surface area contributed by atoms with Crippen molar-refractivity contribution in [1.82, 2.24) is 9.97 Å². The van der Waals surface area contributed by atoms with Crippen molar-refractivity contribution in [2.24, 2.45) is 0 Å².